The highest BCUT2D eigenvalue weighted by Gasteiger charge is 2.21. The quantitative estimate of drug-likeness (QED) is 0.795. The molecule has 0 radical (unpaired) electrons. The average molecular weight is 294 g/mol. The Morgan fingerprint density at radius 3 is 2.76 bits per heavy atom. The summed E-state index contributed by atoms with van der Waals surface area (Å²) in [6.45, 7) is 7.35. The first kappa shape index (κ1) is 16.1. The van der Waals surface area contributed by atoms with Crippen molar-refractivity contribution in [2.75, 3.05) is 40.6 Å². The van der Waals surface area contributed by atoms with Gasteiger partial charge in [-0.15, -0.1) is 0 Å². The Hall–Kier alpha value is -1.30. The highest BCUT2D eigenvalue weighted by Crippen LogP contribution is 2.34. The molecule has 0 amide bonds. The molecule has 5 nitrogen and oxygen atoms in total. The normalized spacial score (nSPS) is 16.2. The zero-order chi connectivity index (χ0) is 15.2. The summed E-state index contributed by atoms with van der Waals surface area (Å²) in [5.74, 6) is 1.66. The molecule has 2 atom stereocenters. The molecule has 2 rings (SSSR count). The molecule has 1 aliphatic heterocycles. The fourth-order valence-electron chi connectivity index (χ4n) is 2.70. The number of hydrogen-bond acceptors (Lipinski definition) is 5. The van der Waals surface area contributed by atoms with Crippen LogP contribution in [0.5, 0.6) is 11.5 Å². The Morgan fingerprint density at radius 1 is 1.33 bits per heavy atom. The molecule has 0 saturated carbocycles. The lowest BCUT2D eigenvalue weighted by atomic mass is 10.0. The Labute approximate surface area is 127 Å². The minimum absolute atomic E-state index is 0.249. The van der Waals surface area contributed by atoms with Gasteiger partial charge in [0.25, 0.3) is 0 Å². The fraction of sp³-hybridized carbons (Fsp3) is 0.625. The standard InChI is InChI=1S/C16H26N2O3/c1-5-18(12(2)10-19-4)9-14(17-3)13-6-7-15-16(8-13)21-11-20-15/h6-8,12,14,17H,5,9-11H2,1-4H3. The van der Waals surface area contributed by atoms with Crippen molar-refractivity contribution in [1.29, 1.82) is 0 Å². The van der Waals surface area contributed by atoms with Crippen LogP contribution < -0.4 is 14.8 Å². The lowest BCUT2D eigenvalue weighted by Crippen LogP contribution is -2.41. The van der Waals surface area contributed by atoms with Crippen molar-refractivity contribution in [3.8, 4) is 11.5 Å². The van der Waals surface area contributed by atoms with Crippen molar-refractivity contribution in [3.05, 3.63) is 23.8 Å². The van der Waals surface area contributed by atoms with E-state index < -0.39 is 0 Å². The van der Waals surface area contributed by atoms with Gasteiger partial charge in [0.15, 0.2) is 11.5 Å². The molecule has 21 heavy (non-hydrogen) atoms. The van der Waals surface area contributed by atoms with E-state index in [1.807, 2.05) is 13.1 Å². The van der Waals surface area contributed by atoms with E-state index in [0.717, 1.165) is 31.2 Å². The number of nitrogens with one attached hydrogen (secondary N) is 1. The predicted octanol–water partition coefficient (Wildman–Crippen LogP) is 2.03. The van der Waals surface area contributed by atoms with E-state index in [9.17, 15) is 0 Å². The molecule has 1 aliphatic rings. The number of nitrogens with zero attached hydrogens (tertiary/aromatic N) is 1. The molecule has 2 unspecified atom stereocenters. The third-order valence-corrected chi connectivity index (χ3v) is 4.00. The number of methoxy groups -OCH3 is 1. The van der Waals surface area contributed by atoms with Crippen LogP contribution in [0, 0.1) is 0 Å². The lowest BCUT2D eigenvalue weighted by Gasteiger charge is -2.31. The summed E-state index contributed by atoms with van der Waals surface area (Å²) in [5.41, 5.74) is 1.21. The summed E-state index contributed by atoms with van der Waals surface area (Å²) in [7, 11) is 3.74. The highest BCUT2D eigenvalue weighted by atomic mass is 16.7. The van der Waals surface area contributed by atoms with Crippen LogP contribution in [0.2, 0.25) is 0 Å². The molecule has 118 valence electrons. The molecule has 5 heteroatoms. The van der Waals surface area contributed by atoms with Crippen molar-refractivity contribution in [2.45, 2.75) is 25.9 Å². The second-order valence-corrected chi connectivity index (χ2v) is 5.35. The van der Waals surface area contributed by atoms with Crippen LogP contribution in [0.15, 0.2) is 18.2 Å². The van der Waals surface area contributed by atoms with Crippen LogP contribution in [0.1, 0.15) is 25.5 Å². The summed E-state index contributed by atoms with van der Waals surface area (Å²) in [6.07, 6.45) is 0. The minimum atomic E-state index is 0.249. The largest absolute Gasteiger partial charge is 0.454 e. The SMILES string of the molecule is CCN(CC(NC)c1ccc2c(c1)OCO2)C(C)COC. The second kappa shape index (κ2) is 7.64. The summed E-state index contributed by atoms with van der Waals surface area (Å²) >= 11 is 0. The molecule has 1 aromatic carbocycles. The monoisotopic (exact) mass is 294 g/mol. The molecule has 0 bridgehead atoms. The maximum absolute atomic E-state index is 5.47. The predicted molar refractivity (Wildman–Crippen MR) is 83.0 cm³/mol. The Balaban J connectivity index is 2.08. The molecule has 0 aliphatic carbocycles. The van der Waals surface area contributed by atoms with Crippen molar-refractivity contribution < 1.29 is 14.2 Å². The van der Waals surface area contributed by atoms with Crippen LogP contribution >= 0.6 is 0 Å². The molecule has 0 aromatic heterocycles. The minimum Gasteiger partial charge on any atom is -0.454 e. The maximum Gasteiger partial charge on any atom is 0.231 e. The van der Waals surface area contributed by atoms with Gasteiger partial charge in [-0.05, 0) is 38.2 Å². The number of hydrogen-bond donors (Lipinski definition) is 1. The van der Waals surface area contributed by atoms with Crippen molar-refractivity contribution >= 4 is 0 Å². The Bertz CT molecular complexity index is 453. The zero-order valence-electron chi connectivity index (χ0n) is 13.4. The van der Waals surface area contributed by atoms with Gasteiger partial charge in [0.2, 0.25) is 6.79 Å². The first-order valence-electron chi connectivity index (χ1n) is 7.49. The first-order chi connectivity index (χ1) is 10.2. The van der Waals surface area contributed by atoms with E-state index in [1.54, 1.807) is 7.11 Å². The Kier molecular flexibility index (Phi) is 5.85. The van der Waals surface area contributed by atoms with E-state index in [2.05, 4.69) is 36.2 Å². The van der Waals surface area contributed by atoms with E-state index in [0.29, 0.717) is 12.8 Å². The smallest absolute Gasteiger partial charge is 0.231 e. The summed E-state index contributed by atoms with van der Waals surface area (Å²) < 4.78 is 16.1. The van der Waals surface area contributed by atoms with Crippen molar-refractivity contribution in [2.24, 2.45) is 0 Å². The maximum atomic E-state index is 5.47. The molecule has 1 N–H and O–H groups in total. The first-order valence-corrected chi connectivity index (χ1v) is 7.49. The van der Waals surface area contributed by atoms with Gasteiger partial charge in [-0.1, -0.05) is 13.0 Å². The van der Waals surface area contributed by atoms with Crippen LogP contribution in [-0.2, 0) is 4.74 Å². The molecular formula is C16H26N2O3. The van der Waals surface area contributed by atoms with Crippen molar-refractivity contribution in [3.63, 3.8) is 0 Å². The van der Waals surface area contributed by atoms with Gasteiger partial charge in [0.1, 0.15) is 0 Å². The van der Waals surface area contributed by atoms with Crippen LogP contribution in [0.3, 0.4) is 0 Å². The number of benzene rings is 1. The van der Waals surface area contributed by atoms with Gasteiger partial charge in [-0.25, -0.2) is 0 Å². The van der Waals surface area contributed by atoms with Crippen LogP contribution in [-0.4, -0.2) is 51.6 Å². The van der Waals surface area contributed by atoms with E-state index >= 15 is 0 Å². The zero-order valence-corrected chi connectivity index (χ0v) is 13.4. The lowest BCUT2D eigenvalue weighted by molar-refractivity contribution is 0.0962. The molecule has 0 spiro atoms. The van der Waals surface area contributed by atoms with E-state index in [4.69, 9.17) is 14.2 Å². The molecule has 0 fully saturated rings. The summed E-state index contributed by atoms with van der Waals surface area (Å²) in [6, 6.07) is 6.79. The van der Waals surface area contributed by atoms with Gasteiger partial charge in [0.05, 0.1) is 6.61 Å². The third kappa shape index (κ3) is 3.87. The molecule has 0 saturated heterocycles. The average Bonchev–Trinajstić information content (AvgIpc) is 2.96. The van der Waals surface area contributed by atoms with E-state index in [-0.39, 0.29) is 6.04 Å². The van der Waals surface area contributed by atoms with Gasteiger partial charge in [-0.2, -0.15) is 0 Å². The topological polar surface area (TPSA) is 43.0 Å². The Morgan fingerprint density at radius 2 is 2.10 bits per heavy atom. The number of likely N-dealkylation sites (N-methyl/N-ethyl adjacent to an activating group) is 2. The highest BCUT2D eigenvalue weighted by molar-refractivity contribution is 5.45. The third-order valence-electron chi connectivity index (χ3n) is 4.00. The number of ether oxygens (including phenoxy) is 3. The van der Waals surface area contributed by atoms with Crippen molar-refractivity contribution in [1.82, 2.24) is 10.2 Å². The fourth-order valence-corrected chi connectivity index (χ4v) is 2.70. The summed E-state index contributed by atoms with van der Waals surface area (Å²) in [5, 5.41) is 3.39. The van der Waals surface area contributed by atoms with Gasteiger partial charge >= 0.3 is 0 Å². The number of rotatable bonds is 8. The van der Waals surface area contributed by atoms with E-state index in [1.165, 1.54) is 5.56 Å². The molecule has 1 heterocycles. The van der Waals surface area contributed by atoms with Gasteiger partial charge in [0, 0.05) is 25.7 Å². The van der Waals surface area contributed by atoms with Gasteiger partial charge in [-0.3, -0.25) is 4.90 Å². The second-order valence-electron chi connectivity index (χ2n) is 5.35. The van der Waals surface area contributed by atoms with Crippen LogP contribution in [0.4, 0.5) is 0 Å². The summed E-state index contributed by atoms with van der Waals surface area (Å²) in [4.78, 5) is 2.41. The van der Waals surface area contributed by atoms with Gasteiger partial charge < -0.3 is 19.5 Å². The molecular weight excluding hydrogens is 268 g/mol. The molecule has 1 aromatic rings. The van der Waals surface area contributed by atoms with Crippen LogP contribution in [0.25, 0.3) is 0 Å². The number of fused-ring (bicyclic) bond motifs is 1.